The number of aromatic nitrogens is 1. The first-order valence-electron chi connectivity index (χ1n) is 8.55. The summed E-state index contributed by atoms with van der Waals surface area (Å²) in [6, 6.07) is 7.05. The van der Waals surface area contributed by atoms with Crippen LogP contribution in [0.4, 0.5) is 5.13 Å². The maximum absolute atomic E-state index is 13.0. The molecule has 0 unspecified atom stereocenters. The number of rotatable bonds is 8. The molecule has 26 heavy (non-hydrogen) atoms. The number of benzene rings is 1. The summed E-state index contributed by atoms with van der Waals surface area (Å²) < 4.78 is 5.29. The molecule has 1 aromatic carbocycles. The fourth-order valence-corrected chi connectivity index (χ4v) is 3.08. The van der Waals surface area contributed by atoms with Crippen molar-refractivity contribution in [3.8, 4) is 5.75 Å². The normalized spacial score (nSPS) is 10.7. The van der Waals surface area contributed by atoms with Crippen LogP contribution in [0.25, 0.3) is 0 Å². The Morgan fingerprint density at radius 1 is 1.31 bits per heavy atom. The van der Waals surface area contributed by atoms with E-state index in [1.54, 1.807) is 29.3 Å². The molecule has 1 heterocycles. The molecule has 7 heteroatoms. The largest absolute Gasteiger partial charge is 0.496 e. The summed E-state index contributed by atoms with van der Waals surface area (Å²) in [5.74, 6) is 0.454. The molecule has 0 saturated heterocycles. The smallest absolute Gasteiger partial charge is 0.258 e. The van der Waals surface area contributed by atoms with Crippen LogP contribution in [0.1, 0.15) is 35.5 Å². The zero-order valence-corrected chi connectivity index (χ0v) is 16.4. The highest BCUT2D eigenvalue weighted by Gasteiger charge is 2.22. The first-order chi connectivity index (χ1) is 12.4. The van der Waals surface area contributed by atoms with Gasteiger partial charge in [0.2, 0.25) is 5.91 Å². The number of amides is 2. The topological polar surface area (TPSA) is 71.5 Å². The molecule has 0 saturated carbocycles. The SMILES string of the molecule is COc1ccccc1C(=O)N(CCC(C)C)CC(=O)Nc1ncc(C)s1. The van der Waals surface area contributed by atoms with E-state index in [0.29, 0.717) is 28.9 Å². The molecule has 2 aromatic rings. The standard InChI is InChI=1S/C19H25N3O3S/c1-13(2)9-10-22(12-17(23)21-19-20-11-14(3)26-19)18(24)15-7-5-6-8-16(15)25-4/h5-8,11,13H,9-10,12H2,1-4H3,(H,20,21,23). The highest BCUT2D eigenvalue weighted by Crippen LogP contribution is 2.20. The molecule has 1 aromatic heterocycles. The number of hydrogen-bond acceptors (Lipinski definition) is 5. The summed E-state index contributed by atoms with van der Waals surface area (Å²) >= 11 is 1.41. The molecule has 0 fully saturated rings. The van der Waals surface area contributed by atoms with E-state index < -0.39 is 0 Å². The Balaban J connectivity index is 2.13. The van der Waals surface area contributed by atoms with Crippen molar-refractivity contribution in [2.45, 2.75) is 27.2 Å². The molecular formula is C19H25N3O3S. The Morgan fingerprint density at radius 2 is 2.04 bits per heavy atom. The Hall–Kier alpha value is -2.41. The number of ether oxygens (including phenoxy) is 1. The van der Waals surface area contributed by atoms with Gasteiger partial charge in [0, 0.05) is 17.6 Å². The Bertz CT molecular complexity index is 758. The van der Waals surface area contributed by atoms with Crippen molar-refractivity contribution in [3.05, 3.63) is 40.9 Å². The number of carbonyl (C=O) groups is 2. The van der Waals surface area contributed by atoms with Crippen LogP contribution in [0.15, 0.2) is 30.5 Å². The molecular weight excluding hydrogens is 350 g/mol. The lowest BCUT2D eigenvalue weighted by molar-refractivity contribution is -0.116. The average Bonchev–Trinajstić information content (AvgIpc) is 3.02. The van der Waals surface area contributed by atoms with Crippen molar-refractivity contribution in [3.63, 3.8) is 0 Å². The molecule has 2 amide bonds. The summed E-state index contributed by atoms with van der Waals surface area (Å²) in [7, 11) is 1.53. The van der Waals surface area contributed by atoms with Gasteiger partial charge in [-0.25, -0.2) is 4.98 Å². The highest BCUT2D eigenvalue weighted by atomic mass is 32.1. The summed E-state index contributed by atoms with van der Waals surface area (Å²) in [6.45, 7) is 6.57. The first-order valence-corrected chi connectivity index (χ1v) is 9.37. The quantitative estimate of drug-likeness (QED) is 0.765. The van der Waals surface area contributed by atoms with Crippen LogP contribution in [-0.4, -0.2) is 41.9 Å². The fourth-order valence-electron chi connectivity index (χ4n) is 2.40. The minimum atomic E-state index is -0.258. The van der Waals surface area contributed by atoms with E-state index in [4.69, 9.17) is 4.74 Å². The molecule has 1 N–H and O–H groups in total. The van der Waals surface area contributed by atoms with Crippen LogP contribution in [0.3, 0.4) is 0 Å². The summed E-state index contributed by atoms with van der Waals surface area (Å²) in [6.07, 6.45) is 2.52. The fraction of sp³-hybridized carbons (Fsp3) is 0.421. The molecule has 0 atom stereocenters. The van der Waals surface area contributed by atoms with Crippen LogP contribution in [0, 0.1) is 12.8 Å². The summed E-state index contributed by atoms with van der Waals surface area (Å²) in [5.41, 5.74) is 0.455. The average molecular weight is 375 g/mol. The number of para-hydroxylation sites is 1. The number of methoxy groups -OCH3 is 1. The number of carbonyl (C=O) groups excluding carboxylic acids is 2. The second kappa shape index (κ2) is 9.33. The molecule has 0 radical (unpaired) electrons. The number of anilines is 1. The Morgan fingerprint density at radius 3 is 2.65 bits per heavy atom. The third-order valence-electron chi connectivity index (χ3n) is 3.80. The number of thiazole rings is 1. The van der Waals surface area contributed by atoms with Crippen molar-refractivity contribution in [2.24, 2.45) is 5.92 Å². The van der Waals surface area contributed by atoms with Gasteiger partial charge < -0.3 is 15.0 Å². The second-order valence-electron chi connectivity index (χ2n) is 6.43. The van der Waals surface area contributed by atoms with Crippen LogP contribution < -0.4 is 10.1 Å². The lowest BCUT2D eigenvalue weighted by Gasteiger charge is -2.23. The number of aryl methyl sites for hydroxylation is 1. The number of hydrogen-bond donors (Lipinski definition) is 1. The van der Waals surface area contributed by atoms with Crippen LogP contribution in [-0.2, 0) is 4.79 Å². The van der Waals surface area contributed by atoms with Gasteiger partial charge in [-0.15, -0.1) is 11.3 Å². The van der Waals surface area contributed by atoms with E-state index in [1.165, 1.54) is 18.4 Å². The summed E-state index contributed by atoms with van der Waals surface area (Å²) in [4.78, 5) is 32.1. The molecule has 2 rings (SSSR count). The van der Waals surface area contributed by atoms with Crippen LogP contribution in [0.2, 0.25) is 0 Å². The predicted molar refractivity (Wildman–Crippen MR) is 104 cm³/mol. The zero-order valence-electron chi connectivity index (χ0n) is 15.6. The van der Waals surface area contributed by atoms with Gasteiger partial charge in [-0.2, -0.15) is 0 Å². The molecule has 0 aliphatic heterocycles. The third kappa shape index (κ3) is 5.56. The minimum absolute atomic E-state index is 0.0256. The number of nitrogens with one attached hydrogen (secondary N) is 1. The van der Waals surface area contributed by atoms with Gasteiger partial charge in [0.25, 0.3) is 5.91 Å². The molecule has 140 valence electrons. The van der Waals surface area contributed by atoms with E-state index in [9.17, 15) is 9.59 Å². The van der Waals surface area contributed by atoms with Crippen LogP contribution in [0.5, 0.6) is 5.75 Å². The van der Waals surface area contributed by atoms with Gasteiger partial charge in [-0.1, -0.05) is 26.0 Å². The highest BCUT2D eigenvalue weighted by molar-refractivity contribution is 7.15. The van der Waals surface area contributed by atoms with Crippen molar-refractivity contribution in [2.75, 3.05) is 25.5 Å². The van der Waals surface area contributed by atoms with Crippen molar-refractivity contribution in [1.82, 2.24) is 9.88 Å². The zero-order chi connectivity index (χ0) is 19.1. The third-order valence-corrected chi connectivity index (χ3v) is 4.63. The van der Waals surface area contributed by atoms with Crippen molar-refractivity contribution >= 4 is 28.3 Å². The number of nitrogens with zero attached hydrogens (tertiary/aromatic N) is 2. The maximum Gasteiger partial charge on any atom is 0.258 e. The molecule has 0 aliphatic carbocycles. The second-order valence-corrected chi connectivity index (χ2v) is 7.67. The van der Waals surface area contributed by atoms with Gasteiger partial charge in [0.15, 0.2) is 5.13 Å². The van der Waals surface area contributed by atoms with E-state index in [0.717, 1.165) is 11.3 Å². The maximum atomic E-state index is 13.0. The minimum Gasteiger partial charge on any atom is -0.496 e. The van der Waals surface area contributed by atoms with Gasteiger partial charge in [-0.05, 0) is 31.4 Å². The van der Waals surface area contributed by atoms with Crippen molar-refractivity contribution < 1.29 is 14.3 Å². The van der Waals surface area contributed by atoms with E-state index in [2.05, 4.69) is 24.1 Å². The van der Waals surface area contributed by atoms with Gasteiger partial charge >= 0.3 is 0 Å². The lowest BCUT2D eigenvalue weighted by atomic mass is 10.1. The van der Waals surface area contributed by atoms with Gasteiger partial charge in [0.05, 0.1) is 12.7 Å². The Kier molecular flexibility index (Phi) is 7.15. The molecule has 0 bridgehead atoms. The lowest BCUT2D eigenvalue weighted by Crippen LogP contribution is -2.39. The van der Waals surface area contributed by atoms with Crippen LogP contribution >= 0.6 is 11.3 Å². The molecule has 6 nitrogen and oxygen atoms in total. The first kappa shape index (κ1) is 19.9. The summed E-state index contributed by atoms with van der Waals surface area (Å²) in [5, 5.41) is 3.30. The monoisotopic (exact) mass is 375 g/mol. The van der Waals surface area contributed by atoms with Gasteiger partial charge in [0.1, 0.15) is 12.3 Å². The Labute approximate surface area is 158 Å². The molecule has 0 aliphatic rings. The van der Waals surface area contributed by atoms with E-state index >= 15 is 0 Å². The predicted octanol–water partition coefficient (Wildman–Crippen LogP) is 3.59. The van der Waals surface area contributed by atoms with E-state index in [-0.39, 0.29) is 18.4 Å². The van der Waals surface area contributed by atoms with Crippen molar-refractivity contribution in [1.29, 1.82) is 0 Å². The van der Waals surface area contributed by atoms with Gasteiger partial charge in [-0.3, -0.25) is 9.59 Å². The molecule has 0 spiro atoms. The van der Waals surface area contributed by atoms with E-state index in [1.807, 2.05) is 13.0 Å².